The zero-order valence-corrected chi connectivity index (χ0v) is 14.2. The summed E-state index contributed by atoms with van der Waals surface area (Å²) in [6.07, 6.45) is 0. The summed E-state index contributed by atoms with van der Waals surface area (Å²) in [4.78, 5) is 12.0. The number of rotatable bonds is 7. The third kappa shape index (κ3) is 4.60. The first-order chi connectivity index (χ1) is 11.3. The molecule has 0 spiro atoms. The highest BCUT2D eigenvalue weighted by Gasteiger charge is 2.22. The Balaban J connectivity index is 2.28. The molecule has 0 amide bonds. The van der Waals surface area contributed by atoms with E-state index in [1.54, 1.807) is 0 Å². The average Bonchev–Trinajstić information content (AvgIpc) is 2.54. The molecule has 1 N–H and O–H groups in total. The van der Waals surface area contributed by atoms with E-state index in [1.807, 2.05) is 49.3 Å². The molecule has 2 aromatic carbocycles. The predicted molar refractivity (Wildman–Crippen MR) is 91.2 cm³/mol. The van der Waals surface area contributed by atoms with Gasteiger partial charge in [0.1, 0.15) is 0 Å². The van der Waals surface area contributed by atoms with E-state index in [9.17, 15) is 18.5 Å². The smallest absolute Gasteiger partial charge is 0.269 e. The van der Waals surface area contributed by atoms with Crippen LogP contribution in [0.3, 0.4) is 0 Å². The summed E-state index contributed by atoms with van der Waals surface area (Å²) in [7, 11) is -0.0805. The van der Waals surface area contributed by atoms with Crippen molar-refractivity contribution in [1.82, 2.24) is 9.62 Å². The molecule has 0 aromatic heterocycles. The molecule has 1 unspecified atom stereocenters. The van der Waals surface area contributed by atoms with Gasteiger partial charge in [0.05, 0.1) is 15.9 Å². The lowest BCUT2D eigenvalue weighted by Gasteiger charge is -2.22. The van der Waals surface area contributed by atoms with Gasteiger partial charge >= 0.3 is 0 Å². The molecule has 0 heterocycles. The minimum atomic E-state index is -3.79. The van der Waals surface area contributed by atoms with Gasteiger partial charge in [0, 0.05) is 18.7 Å². The van der Waals surface area contributed by atoms with Gasteiger partial charge in [0.2, 0.25) is 10.0 Å². The first-order valence-corrected chi connectivity index (χ1v) is 8.74. The van der Waals surface area contributed by atoms with Gasteiger partial charge in [-0.1, -0.05) is 30.3 Å². The van der Waals surface area contributed by atoms with Crippen molar-refractivity contribution in [1.29, 1.82) is 0 Å². The fraction of sp³-hybridized carbons (Fsp3) is 0.250. The van der Waals surface area contributed by atoms with E-state index in [-0.39, 0.29) is 10.6 Å². The first kappa shape index (κ1) is 18.1. The molecule has 128 valence electrons. The number of nitro benzene ring substituents is 1. The van der Waals surface area contributed by atoms with Crippen LogP contribution < -0.4 is 4.72 Å². The number of likely N-dealkylation sites (N-methyl/N-ethyl adjacent to an activating group) is 1. The normalized spacial score (nSPS) is 13.0. The van der Waals surface area contributed by atoms with Crippen LogP contribution in [0.15, 0.2) is 59.5 Å². The van der Waals surface area contributed by atoms with Gasteiger partial charge in [-0.15, -0.1) is 0 Å². The Morgan fingerprint density at radius 1 is 1.08 bits per heavy atom. The SMILES string of the molecule is CN(C)CC(NS(=O)(=O)c1ccc([N+](=O)[O-])cc1)c1ccccc1. The zero-order valence-electron chi connectivity index (χ0n) is 13.4. The first-order valence-electron chi connectivity index (χ1n) is 7.26. The molecular formula is C16H19N3O4S. The summed E-state index contributed by atoms with van der Waals surface area (Å²) in [6.45, 7) is 0.482. The number of hydrogen-bond acceptors (Lipinski definition) is 5. The highest BCUT2D eigenvalue weighted by atomic mass is 32.2. The standard InChI is InChI=1S/C16H19N3O4S/c1-18(2)12-16(13-6-4-3-5-7-13)17-24(22,23)15-10-8-14(9-11-15)19(20)21/h3-11,16-17H,12H2,1-2H3. The Morgan fingerprint density at radius 2 is 1.67 bits per heavy atom. The van der Waals surface area contributed by atoms with E-state index in [0.717, 1.165) is 5.56 Å². The highest BCUT2D eigenvalue weighted by molar-refractivity contribution is 7.89. The number of nitrogens with one attached hydrogen (secondary N) is 1. The van der Waals surface area contributed by atoms with Crippen molar-refractivity contribution in [2.45, 2.75) is 10.9 Å². The molecule has 0 fully saturated rings. The second-order valence-corrected chi connectivity index (χ2v) is 7.31. The lowest BCUT2D eigenvalue weighted by molar-refractivity contribution is -0.384. The van der Waals surface area contributed by atoms with Crippen molar-refractivity contribution in [2.75, 3.05) is 20.6 Å². The van der Waals surface area contributed by atoms with Crippen LogP contribution in [0.4, 0.5) is 5.69 Å². The molecule has 0 aliphatic heterocycles. The molecule has 0 radical (unpaired) electrons. The second kappa shape index (κ2) is 7.52. The van der Waals surface area contributed by atoms with E-state index in [2.05, 4.69) is 4.72 Å². The summed E-state index contributed by atoms with van der Waals surface area (Å²) in [6, 6.07) is 13.7. The molecule has 0 bridgehead atoms. The van der Waals surface area contributed by atoms with Gasteiger partial charge in [0.15, 0.2) is 0 Å². The van der Waals surface area contributed by atoms with Crippen LogP contribution in [0.1, 0.15) is 11.6 Å². The molecule has 0 saturated heterocycles. The van der Waals surface area contributed by atoms with Crippen molar-refractivity contribution < 1.29 is 13.3 Å². The topological polar surface area (TPSA) is 92.6 Å². The summed E-state index contributed by atoms with van der Waals surface area (Å²) in [5, 5.41) is 10.7. The minimum absolute atomic E-state index is 0.00668. The van der Waals surface area contributed by atoms with Crippen molar-refractivity contribution in [3.05, 3.63) is 70.3 Å². The number of nitrogens with zero attached hydrogens (tertiary/aromatic N) is 2. The van der Waals surface area contributed by atoms with Gasteiger partial charge in [0.25, 0.3) is 5.69 Å². The maximum atomic E-state index is 12.6. The average molecular weight is 349 g/mol. The summed E-state index contributed by atoms with van der Waals surface area (Å²) in [5.74, 6) is 0. The van der Waals surface area contributed by atoms with Crippen LogP contribution in [-0.4, -0.2) is 38.9 Å². The van der Waals surface area contributed by atoms with Crippen molar-refractivity contribution in [2.24, 2.45) is 0 Å². The van der Waals surface area contributed by atoms with Gasteiger partial charge in [-0.25, -0.2) is 13.1 Å². The Morgan fingerprint density at radius 3 is 2.17 bits per heavy atom. The predicted octanol–water partition coefficient (Wildman–Crippen LogP) is 2.18. The van der Waals surface area contributed by atoms with Crippen LogP contribution in [0, 0.1) is 10.1 Å². The van der Waals surface area contributed by atoms with Crippen molar-refractivity contribution >= 4 is 15.7 Å². The van der Waals surface area contributed by atoms with E-state index in [1.165, 1.54) is 24.3 Å². The van der Waals surface area contributed by atoms with Gasteiger partial charge < -0.3 is 4.90 Å². The molecule has 0 aliphatic carbocycles. The van der Waals surface area contributed by atoms with Crippen LogP contribution in [-0.2, 0) is 10.0 Å². The fourth-order valence-electron chi connectivity index (χ4n) is 2.26. The monoisotopic (exact) mass is 349 g/mol. The molecule has 7 nitrogen and oxygen atoms in total. The maximum Gasteiger partial charge on any atom is 0.269 e. The third-order valence-corrected chi connectivity index (χ3v) is 4.89. The number of nitro groups is 1. The van der Waals surface area contributed by atoms with E-state index in [0.29, 0.717) is 6.54 Å². The summed E-state index contributed by atoms with van der Waals surface area (Å²) in [5.41, 5.74) is 0.693. The van der Waals surface area contributed by atoms with Gasteiger partial charge in [-0.05, 0) is 31.8 Å². The van der Waals surface area contributed by atoms with Crippen molar-refractivity contribution in [3.63, 3.8) is 0 Å². The Hall–Kier alpha value is -2.29. The van der Waals surface area contributed by atoms with Crippen molar-refractivity contribution in [3.8, 4) is 0 Å². The minimum Gasteiger partial charge on any atom is -0.307 e. The van der Waals surface area contributed by atoms with Crippen LogP contribution in [0.25, 0.3) is 0 Å². The molecule has 1 atom stereocenters. The van der Waals surface area contributed by atoms with Crippen LogP contribution in [0.5, 0.6) is 0 Å². The van der Waals surface area contributed by atoms with E-state index in [4.69, 9.17) is 0 Å². The molecule has 2 rings (SSSR count). The summed E-state index contributed by atoms with van der Waals surface area (Å²) < 4.78 is 27.8. The molecule has 2 aromatic rings. The fourth-order valence-corrected chi connectivity index (χ4v) is 3.48. The molecule has 24 heavy (non-hydrogen) atoms. The van der Waals surface area contributed by atoms with Gasteiger partial charge in [-0.3, -0.25) is 10.1 Å². The van der Waals surface area contributed by atoms with E-state index >= 15 is 0 Å². The summed E-state index contributed by atoms with van der Waals surface area (Å²) >= 11 is 0. The molecular weight excluding hydrogens is 330 g/mol. The highest BCUT2D eigenvalue weighted by Crippen LogP contribution is 2.20. The second-order valence-electron chi connectivity index (χ2n) is 5.60. The Labute approximate surface area is 141 Å². The number of non-ortho nitro benzene ring substituents is 1. The number of benzene rings is 2. The lowest BCUT2D eigenvalue weighted by atomic mass is 10.1. The molecule has 0 saturated carbocycles. The maximum absolute atomic E-state index is 12.6. The van der Waals surface area contributed by atoms with Crippen LogP contribution >= 0.6 is 0 Å². The zero-order chi connectivity index (χ0) is 17.7. The molecule has 0 aliphatic rings. The number of hydrogen-bond donors (Lipinski definition) is 1. The quantitative estimate of drug-likeness (QED) is 0.611. The largest absolute Gasteiger partial charge is 0.307 e. The Bertz CT molecular complexity index is 790. The lowest BCUT2D eigenvalue weighted by Crippen LogP contribution is -2.35. The number of sulfonamides is 1. The molecule has 8 heteroatoms. The van der Waals surface area contributed by atoms with Gasteiger partial charge in [-0.2, -0.15) is 0 Å². The third-order valence-electron chi connectivity index (χ3n) is 3.40. The Kier molecular flexibility index (Phi) is 5.66. The van der Waals surface area contributed by atoms with E-state index < -0.39 is 21.0 Å². The van der Waals surface area contributed by atoms with Crippen LogP contribution in [0.2, 0.25) is 0 Å².